The van der Waals surface area contributed by atoms with Gasteiger partial charge in [0.2, 0.25) is 5.91 Å². The largest absolute Gasteiger partial charge is 0.342 e. The number of aromatic nitrogens is 2. The third-order valence-electron chi connectivity index (χ3n) is 5.12. The van der Waals surface area contributed by atoms with Crippen molar-refractivity contribution in [3.05, 3.63) is 30.1 Å². The van der Waals surface area contributed by atoms with Gasteiger partial charge in [-0.25, -0.2) is 4.98 Å². The molecule has 0 aliphatic carbocycles. The molecule has 2 fully saturated rings. The van der Waals surface area contributed by atoms with E-state index in [9.17, 15) is 4.79 Å². The Morgan fingerprint density at radius 1 is 1.17 bits per heavy atom. The number of nitrogens with zero attached hydrogens (tertiary/aromatic N) is 3. The molecule has 5 heteroatoms. The summed E-state index contributed by atoms with van der Waals surface area (Å²) < 4.78 is 0. The first-order valence-electron chi connectivity index (χ1n) is 8.74. The van der Waals surface area contributed by atoms with Crippen LogP contribution in [-0.4, -0.2) is 58.4 Å². The molecule has 0 radical (unpaired) electrons. The van der Waals surface area contributed by atoms with Gasteiger partial charge in [-0.3, -0.25) is 9.69 Å². The second-order valence-corrected chi connectivity index (χ2v) is 6.80. The molecule has 4 rings (SSSR count). The molecule has 2 saturated heterocycles. The van der Waals surface area contributed by atoms with Crippen molar-refractivity contribution in [1.82, 2.24) is 19.8 Å². The number of nitrogens with one attached hydrogen (secondary N) is 1. The molecule has 5 nitrogen and oxygen atoms in total. The van der Waals surface area contributed by atoms with E-state index in [1.807, 2.05) is 23.1 Å². The lowest BCUT2D eigenvalue weighted by atomic mass is 9.97. The summed E-state index contributed by atoms with van der Waals surface area (Å²) in [6.07, 6.45) is 4.60. The zero-order valence-corrected chi connectivity index (χ0v) is 13.5. The Morgan fingerprint density at radius 3 is 2.83 bits per heavy atom. The average molecular weight is 312 g/mol. The van der Waals surface area contributed by atoms with Crippen molar-refractivity contribution in [3.8, 4) is 0 Å². The molecule has 23 heavy (non-hydrogen) atoms. The summed E-state index contributed by atoms with van der Waals surface area (Å²) in [7, 11) is 0. The maximum absolute atomic E-state index is 12.4. The van der Waals surface area contributed by atoms with E-state index in [1.165, 1.54) is 0 Å². The molecule has 0 spiro atoms. The van der Waals surface area contributed by atoms with Gasteiger partial charge in [0.15, 0.2) is 0 Å². The van der Waals surface area contributed by atoms with Crippen molar-refractivity contribution in [2.45, 2.75) is 31.6 Å². The van der Waals surface area contributed by atoms with Gasteiger partial charge >= 0.3 is 0 Å². The first-order valence-corrected chi connectivity index (χ1v) is 8.74. The number of imidazole rings is 1. The minimum Gasteiger partial charge on any atom is -0.342 e. The van der Waals surface area contributed by atoms with Crippen LogP contribution in [0.2, 0.25) is 0 Å². The van der Waals surface area contributed by atoms with Crippen molar-refractivity contribution in [1.29, 1.82) is 0 Å². The molecule has 2 aliphatic heterocycles. The average Bonchev–Trinajstić information content (AvgIpc) is 3.24. The van der Waals surface area contributed by atoms with Gasteiger partial charge in [-0.1, -0.05) is 12.1 Å². The predicted molar refractivity (Wildman–Crippen MR) is 90.3 cm³/mol. The fourth-order valence-corrected chi connectivity index (χ4v) is 3.85. The zero-order chi connectivity index (χ0) is 15.6. The molecule has 1 unspecified atom stereocenters. The number of para-hydroxylation sites is 2. The molecule has 3 heterocycles. The summed E-state index contributed by atoms with van der Waals surface area (Å²) in [6.45, 7) is 4.41. The van der Waals surface area contributed by atoms with Gasteiger partial charge in [0.05, 0.1) is 17.6 Å². The molecule has 0 bridgehead atoms. The maximum Gasteiger partial charge on any atom is 0.236 e. The molecule has 122 valence electrons. The summed E-state index contributed by atoms with van der Waals surface area (Å²) in [4.78, 5) is 24.9. The van der Waals surface area contributed by atoms with E-state index in [1.54, 1.807) is 0 Å². The van der Waals surface area contributed by atoms with Crippen LogP contribution in [0.5, 0.6) is 0 Å². The lowest BCUT2D eigenvalue weighted by molar-refractivity contribution is -0.131. The van der Waals surface area contributed by atoms with Crippen LogP contribution in [0.25, 0.3) is 11.0 Å². The summed E-state index contributed by atoms with van der Waals surface area (Å²) in [6, 6.07) is 8.18. The number of benzene rings is 1. The zero-order valence-electron chi connectivity index (χ0n) is 13.5. The van der Waals surface area contributed by atoms with Gasteiger partial charge in [0.25, 0.3) is 0 Å². The predicted octanol–water partition coefficient (Wildman–Crippen LogP) is 2.36. The smallest absolute Gasteiger partial charge is 0.236 e. The van der Waals surface area contributed by atoms with Crippen LogP contribution < -0.4 is 0 Å². The maximum atomic E-state index is 12.4. The number of fused-ring (bicyclic) bond motifs is 1. The number of piperidine rings is 1. The van der Waals surface area contributed by atoms with Crippen LogP contribution in [0, 0.1) is 0 Å². The van der Waals surface area contributed by atoms with E-state index in [-0.39, 0.29) is 0 Å². The Morgan fingerprint density at radius 2 is 2.00 bits per heavy atom. The lowest BCUT2D eigenvalue weighted by Gasteiger charge is -2.32. The number of hydrogen-bond acceptors (Lipinski definition) is 3. The van der Waals surface area contributed by atoms with Gasteiger partial charge in [-0.05, 0) is 44.4 Å². The topological polar surface area (TPSA) is 52.2 Å². The SMILES string of the molecule is O=C(CN1CCCC(c2nc3ccccc3[nH]2)C1)N1CCCC1. The van der Waals surface area contributed by atoms with Crippen molar-refractivity contribution >= 4 is 16.9 Å². The minimum atomic E-state index is 0.299. The van der Waals surface area contributed by atoms with Gasteiger partial charge in [-0.2, -0.15) is 0 Å². The molecular formula is C18H24N4O. The summed E-state index contributed by atoms with van der Waals surface area (Å²) in [5.74, 6) is 1.78. The fraction of sp³-hybridized carbons (Fsp3) is 0.556. The summed E-state index contributed by atoms with van der Waals surface area (Å²) in [5, 5.41) is 0. The summed E-state index contributed by atoms with van der Waals surface area (Å²) in [5.41, 5.74) is 2.14. The molecule has 1 N–H and O–H groups in total. The third kappa shape index (κ3) is 3.11. The first-order chi connectivity index (χ1) is 11.3. The monoisotopic (exact) mass is 312 g/mol. The van der Waals surface area contributed by atoms with E-state index in [4.69, 9.17) is 4.98 Å². The quantitative estimate of drug-likeness (QED) is 0.946. The van der Waals surface area contributed by atoms with E-state index >= 15 is 0 Å². The lowest BCUT2D eigenvalue weighted by Crippen LogP contribution is -2.43. The first kappa shape index (κ1) is 14.7. The van der Waals surface area contributed by atoms with Crippen molar-refractivity contribution in [3.63, 3.8) is 0 Å². The Balaban J connectivity index is 1.43. The minimum absolute atomic E-state index is 0.299. The molecule has 1 atom stereocenters. The number of hydrogen-bond donors (Lipinski definition) is 1. The normalized spacial score (nSPS) is 22.8. The number of carbonyl (C=O) groups is 1. The Kier molecular flexibility index (Phi) is 4.04. The highest BCUT2D eigenvalue weighted by molar-refractivity contribution is 5.78. The number of likely N-dealkylation sites (tertiary alicyclic amines) is 2. The molecule has 1 aromatic heterocycles. The molecule has 2 aromatic rings. The van der Waals surface area contributed by atoms with Crippen LogP contribution in [-0.2, 0) is 4.79 Å². The summed E-state index contributed by atoms with van der Waals surface area (Å²) >= 11 is 0. The Labute approximate surface area is 136 Å². The van der Waals surface area contributed by atoms with Crippen LogP contribution >= 0.6 is 0 Å². The van der Waals surface area contributed by atoms with Crippen LogP contribution in [0.15, 0.2) is 24.3 Å². The second kappa shape index (κ2) is 6.32. The van der Waals surface area contributed by atoms with E-state index in [2.05, 4.69) is 16.0 Å². The number of carbonyl (C=O) groups excluding carboxylic acids is 1. The van der Waals surface area contributed by atoms with Crippen molar-refractivity contribution < 1.29 is 4.79 Å². The fourth-order valence-electron chi connectivity index (χ4n) is 3.85. The third-order valence-corrected chi connectivity index (χ3v) is 5.12. The van der Waals surface area contributed by atoms with Crippen LogP contribution in [0.3, 0.4) is 0 Å². The molecular weight excluding hydrogens is 288 g/mol. The van der Waals surface area contributed by atoms with Gasteiger partial charge in [0.1, 0.15) is 5.82 Å². The molecule has 1 aromatic carbocycles. The number of amides is 1. The highest BCUT2D eigenvalue weighted by Gasteiger charge is 2.27. The van der Waals surface area contributed by atoms with Gasteiger partial charge < -0.3 is 9.88 Å². The highest BCUT2D eigenvalue weighted by Crippen LogP contribution is 2.26. The van der Waals surface area contributed by atoms with Gasteiger partial charge in [0, 0.05) is 25.6 Å². The second-order valence-electron chi connectivity index (χ2n) is 6.80. The number of rotatable bonds is 3. The van der Waals surface area contributed by atoms with E-state index < -0.39 is 0 Å². The van der Waals surface area contributed by atoms with Crippen molar-refractivity contribution in [2.75, 3.05) is 32.7 Å². The number of aromatic amines is 1. The highest BCUT2D eigenvalue weighted by atomic mass is 16.2. The van der Waals surface area contributed by atoms with Crippen molar-refractivity contribution in [2.24, 2.45) is 0 Å². The number of H-pyrrole nitrogens is 1. The van der Waals surface area contributed by atoms with Crippen LogP contribution in [0.1, 0.15) is 37.4 Å². The van der Waals surface area contributed by atoms with E-state index in [0.29, 0.717) is 18.4 Å². The molecule has 1 amide bonds. The Bertz CT molecular complexity index is 656. The molecule has 0 saturated carbocycles. The standard InChI is InChI=1S/C18H24N4O/c23-17(22-10-3-4-11-22)13-21-9-5-6-14(12-21)18-19-15-7-1-2-8-16(15)20-18/h1-2,7-8,14H,3-6,9-13H2,(H,19,20). The van der Waals surface area contributed by atoms with Gasteiger partial charge in [-0.15, -0.1) is 0 Å². The van der Waals surface area contributed by atoms with E-state index in [0.717, 1.165) is 68.7 Å². The molecule has 2 aliphatic rings. The van der Waals surface area contributed by atoms with Crippen LogP contribution in [0.4, 0.5) is 0 Å². The Hall–Kier alpha value is -1.88.